The van der Waals surface area contributed by atoms with Gasteiger partial charge in [0.1, 0.15) is 17.8 Å². The van der Waals surface area contributed by atoms with Gasteiger partial charge in [0.25, 0.3) is 0 Å². The SMILES string of the molecule is C[C@H](CCCCC(=O)OC(C)(C)C)O[C@@H]1OC2O[C@@H]2CC1O. The van der Waals surface area contributed by atoms with Crippen LogP contribution in [0.2, 0.25) is 0 Å². The zero-order chi connectivity index (χ0) is 16.3. The fourth-order valence-electron chi connectivity index (χ4n) is 2.50. The first kappa shape index (κ1) is 17.7. The first-order valence-corrected chi connectivity index (χ1v) is 8.11. The first-order valence-electron chi connectivity index (χ1n) is 8.11. The van der Waals surface area contributed by atoms with Crippen LogP contribution in [0.25, 0.3) is 0 Å². The lowest BCUT2D eigenvalue weighted by atomic mass is 10.1. The molecule has 5 atom stereocenters. The predicted molar refractivity (Wildman–Crippen MR) is 79.0 cm³/mol. The van der Waals surface area contributed by atoms with Crippen molar-refractivity contribution < 1.29 is 28.8 Å². The van der Waals surface area contributed by atoms with Gasteiger partial charge in [-0.2, -0.15) is 0 Å². The van der Waals surface area contributed by atoms with Crippen LogP contribution < -0.4 is 0 Å². The molecule has 2 rings (SSSR count). The Morgan fingerprint density at radius 3 is 2.73 bits per heavy atom. The maximum atomic E-state index is 11.6. The zero-order valence-corrected chi connectivity index (χ0v) is 13.9. The third-order valence-electron chi connectivity index (χ3n) is 3.62. The van der Waals surface area contributed by atoms with Crippen LogP contribution in [0.1, 0.15) is 59.8 Å². The van der Waals surface area contributed by atoms with Crippen molar-refractivity contribution in [2.24, 2.45) is 0 Å². The van der Waals surface area contributed by atoms with Crippen LogP contribution in [0.3, 0.4) is 0 Å². The summed E-state index contributed by atoms with van der Waals surface area (Å²) in [5.41, 5.74) is -0.426. The van der Waals surface area contributed by atoms with Gasteiger partial charge in [0.2, 0.25) is 0 Å². The van der Waals surface area contributed by atoms with Gasteiger partial charge in [-0.15, -0.1) is 0 Å². The first-order chi connectivity index (χ1) is 10.2. The normalized spacial score (nSPS) is 32.2. The van der Waals surface area contributed by atoms with Crippen LogP contribution in [0.5, 0.6) is 0 Å². The number of carbonyl (C=O) groups is 1. The van der Waals surface area contributed by atoms with Gasteiger partial charge in [0, 0.05) is 12.8 Å². The molecule has 0 radical (unpaired) electrons. The second-order valence-corrected chi connectivity index (χ2v) is 7.13. The van der Waals surface area contributed by atoms with E-state index >= 15 is 0 Å². The number of epoxide rings is 1. The molecule has 0 spiro atoms. The van der Waals surface area contributed by atoms with E-state index < -0.39 is 18.0 Å². The van der Waals surface area contributed by atoms with Crippen molar-refractivity contribution in [3.63, 3.8) is 0 Å². The summed E-state index contributed by atoms with van der Waals surface area (Å²) in [5, 5.41) is 9.88. The Hall–Kier alpha value is -0.690. The molecule has 0 bridgehead atoms. The molecule has 0 aliphatic carbocycles. The molecule has 0 aromatic rings. The summed E-state index contributed by atoms with van der Waals surface area (Å²) in [7, 11) is 0. The van der Waals surface area contributed by atoms with Crippen molar-refractivity contribution in [2.75, 3.05) is 0 Å². The van der Waals surface area contributed by atoms with Crippen LogP contribution in [0.15, 0.2) is 0 Å². The van der Waals surface area contributed by atoms with E-state index in [-0.39, 0.29) is 24.5 Å². The van der Waals surface area contributed by atoms with E-state index in [1.165, 1.54) is 0 Å². The summed E-state index contributed by atoms with van der Waals surface area (Å²) in [4.78, 5) is 11.6. The summed E-state index contributed by atoms with van der Waals surface area (Å²) in [6.07, 6.45) is 2.00. The second kappa shape index (κ2) is 7.25. The number of aliphatic hydroxyl groups is 1. The molecule has 0 saturated carbocycles. The average molecular weight is 316 g/mol. The molecule has 2 saturated heterocycles. The smallest absolute Gasteiger partial charge is 0.306 e. The molecule has 2 aliphatic heterocycles. The van der Waals surface area contributed by atoms with E-state index in [1.807, 2.05) is 27.7 Å². The summed E-state index contributed by atoms with van der Waals surface area (Å²) in [6.45, 7) is 7.54. The van der Waals surface area contributed by atoms with Gasteiger partial charge < -0.3 is 24.1 Å². The highest BCUT2D eigenvalue weighted by Gasteiger charge is 2.50. The maximum Gasteiger partial charge on any atom is 0.306 e. The molecule has 2 aliphatic rings. The van der Waals surface area contributed by atoms with E-state index in [4.69, 9.17) is 18.9 Å². The molecule has 0 amide bonds. The maximum absolute atomic E-state index is 11.6. The molecule has 6 heteroatoms. The van der Waals surface area contributed by atoms with Crippen LogP contribution in [0.4, 0.5) is 0 Å². The van der Waals surface area contributed by atoms with Gasteiger partial charge in [-0.1, -0.05) is 6.42 Å². The third kappa shape index (κ3) is 5.83. The minimum atomic E-state index is -0.632. The Kier molecular flexibility index (Phi) is 5.82. The van der Waals surface area contributed by atoms with Crippen molar-refractivity contribution in [2.45, 2.75) is 96.3 Å². The van der Waals surface area contributed by atoms with Crippen molar-refractivity contribution in [1.82, 2.24) is 0 Å². The number of hydrogen-bond acceptors (Lipinski definition) is 6. The third-order valence-corrected chi connectivity index (χ3v) is 3.62. The van der Waals surface area contributed by atoms with E-state index in [0.717, 1.165) is 19.3 Å². The van der Waals surface area contributed by atoms with Gasteiger partial charge in [-0.05, 0) is 40.5 Å². The summed E-state index contributed by atoms with van der Waals surface area (Å²) in [6, 6.07) is 0. The Morgan fingerprint density at radius 1 is 1.32 bits per heavy atom. The topological polar surface area (TPSA) is 77.5 Å². The second-order valence-electron chi connectivity index (χ2n) is 7.13. The molecule has 22 heavy (non-hydrogen) atoms. The summed E-state index contributed by atoms with van der Waals surface area (Å²) >= 11 is 0. The highest BCUT2D eigenvalue weighted by Crippen LogP contribution is 2.36. The number of carbonyl (C=O) groups excluding carboxylic acids is 1. The van der Waals surface area contributed by atoms with Crippen LogP contribution in [-0.4, -0.2) is 47.6 Å². The molecule has 1 N–H and O–H groups in total. The molecular formula is C16H28O6. The predicted octanol–water partition coefficient (Wildman–Crippen LogP) is 2.13. The Morgan fingerprint density at radius 2 is 2.05 bits per heavy atom. The molecule has 0 aromatic carbocycles. The van der Waals surface area contributed by atoms with E-state index in [2.05, 4.69) is 0 Å². The van der Waals surface area contributed by atoms with Crippen molar-refractivity contribution in [3.8, 4) is 0 Å². The van der Waals surface area contributed by atoms with Gasteiger partial charge in [0.15, 0.2) is 12.6 Å². The summed E-state index contributed by atoms with van der Waals surface area (Å²) < 4.78 is 21.7. The molecule has 128 valence electrons. The molecule has 2 unspecified atom stereocenters. The number of aliphatic hydroxyl groups excluding tert-OH is 1. The van der Waals surface area contributed by atoms with E-state index in [9.17, 15) is 9.90 Å². The fraction of sp³-hybridized carbons (Fsp3) is 0.938. The molecule has 2 fully saturated rings. The largest absolute Gasteiger partial charge is 0.460 e. The van der Waals surface area contributed by atoms with E-state index in [1.54, 1.807) is 0 Å². The summed E-state index contributed by atoms with van der Waals surface area (Å²) in [5.74, 6) is -0.163. The van der Waals surface area contributed by atoms with Crippen LogP contribution >= 0.6 is 0 Å². The van der Waals surface area contributed by atoms with Gasteiger partial charge in [-0.3, -0.25) is 4.79 Å². The number of hydrogen-bond donors (Lipinski definition) is 1. The minimum absolute atomic E-state index is 0.0337. The van der Waals surface area contributed by atoms with Gasteiger partial charge >= 0.3 is 5.97 Å². The van der Waals surface area contributed by atoms with Crippen LogP contribution in [0, 0.1) is 0 Å². The molecule has 0 aromatic heterocycles. The minimum Gasteiger partial charge on any atom is -0.460 e. The monoisotopic (exact) mass is 316 g/mol. The van der Waals surface area contributed by atoms with Crippen LogP contribution in [-0.2, 0) is 23.7 Å². The number of rotatable bonds is 7. The van der Waals surface area contributed by atoms with Crippen molar-refractivity contribution in [3.05, 3.63) is 0 Å². The lowest BCUT2D eigenvalue weighted by molar-refractivity contribution is -0.239. The lowest BCUT2D eigenvalue weighted by Gasteiger charge is -2.28. The quantitative estimate of drug-likeness (QED) is 0.440. The van der Waals surface area contributed by atoms with E-state index in [0.29, 0.717) is 12.8 Å². The average Bonchev–Trinajstić information content (AvgIpc) is 3.10. The number of fused-ring (bicyclic) bond motifs is 1. The molecule has 6 nitrogen and oxygen atoms in total. The molecule has 2 heterocycles. The number of esters is 1. The Labute approximate surface area is 132 Å². The van der Waals surface area contributed by atoms with Gasteiger partial charge in [0.05, 0.1) is 6.10 Å². The highest BCUT2D eigenvalue weighted by atomic mass is 16.8. The number of unbranched alkanes of at least 4 members (excludes halogenated alkanes) is 1. The fourth-order valence-corrected chi connectivity index (χ4v) is 2.50. The number of ether oxygens (including phenoxy) is 4. The standard InChI is InChI=1S/C16H28O6/c1-10(7-5-6-8-13(18)22-16(2,3)4)19-14-11(17)9-12-15(20-12)21-14/h10-12,14-15,17H,5-9H2,1-4H3/t10-,11?,12-,14-,15?/m1/s1. The highest BCUT2D eigenvalue weighted by molar-refractivity contribution is 5.69. The van der Waals surface area contributed by atoms with Crippen molar-refractivity contribution in [1.29, 1.82) is 0 Å². The Bertz CT molecular complexity index is 377. The van der Waals surface area contributed by atoms with Gasteiger partial charge in [-0.25, -0.2) is 0 Å². The molecular weight excluding hydrogens is 288 g/mol. The lowest BCUT2D eigenvalue weighted by Crippen LogP contribution is -2.40. The zero-order valence-electron chi connectivity index (χ0n) is 13.9. The van der Waals surface area contributed by atoms with Crippen molar-refractivity contribution >= 4 is 5.97 Å². The Balaban J connectivity index is 1.56.